The van der Waals surface area contributed by atoms with Crippen LogP contribution in [-0.4, -0.2) is 56.5 Å². The van der Waals surface area contributed by atoms with Crippen LogP contribution in [0.1, 0.15) is 0 Å². The predicted octanol–water partition coefficient (Wildman–Crippen LogP) is -1.19. The molecule has 20 heavy (non-hydrogen) atoms. The van der Waals surface area contributed by atoms with Crippen LogP contribution in [0.5, 0.6) is 0 Å². The molecule has 2 aromatic heterocycles. The lowest BCUT2D eigenvalue weighted by atomic mass is 10.4. The van der Waals surface area contributed by atoms with Gasteiger partial charge in [-0.25, -0.2) is 9.20 Å². The number of carbonyl (C=O) groups is 1. The van der Waals surface area contributed by atoms with Crippen LogP contribution in [0.25, 0.3) is 5.78 Å². The second-order valence-corrected chi connectivity index (χ2v) is 4.39. The lowest BCUT2D eigenvalue weighted by molar-refractivity contribution is -0.137. The molecule has 1 N–H and O–H groups in total. The fraction of sp³-hybridized carbons (Fsp3) is 0.455. The number of aliphatic carboxylic acids is 1. The van der Waals surface area contributed by atoms with Crippen LogP contribution in [0.15, 0.2) is 17.1 Å². The van der Waals surface area contributed by atoms with Gasteiger partial charge >= 0.3 is 11.7 Å². The molecule has 1 saturated heterocycles. The molecule has 1 aliphatic heterocycles. The highest BCUT2D eigenvalue weighted by Crippen LogP contribution is 2.12. The highest BCUT2D eigenvalue weighted by atomic mass is 16.5. The lowest BCUT2D eigenvalue weighted by Crippen LogP contribution is -2.36. The molecule has 3 heterocycles. The van der Waals surface area contributed by atoms with Crippen LogP contribution >= 0.6 is 0 Å². The van der Waals surface area contributed by atoms with Crippen molar-refractivity contribution in [2.75, 3.05) is 31.2 Å². The first-order chi connectivity index (χ1) is 9.65. The Labute approximate surface area is 113 Å². The van der Waals surface area contributed by atoms with E-state index < -0.39 is 18.2 Å². The van der Waals surface area contributed by atoms with Crippen molar-refractivity contribution in [2.24, 2.45) is 0 Å². The fourth-order valence-corrected chi connectivity index (χ4v) is 2.10. The van der Waals surface area contributed by atoms with Gasteiger partial charge in [0, 0.05) is 19.3 Å². The molecule has 106 valence electrons. The van der Waals surface area contributed by atoms with E-state index in [-0.39, 0.29) is 5.78 Å². The summed E-state index contributed by atoms with van der Waals surface area (Å²) in [4.78, 5) is 28.9. The van der Waals surface area contributed by atoms with E-state index in [1.165, 1.54) is 4.40 Å². The van der Waals surface area contributed by atoms with Gasteiger partial charge in [0.2, 0.25) is 0 Å². The first-order valence-electron chi connectivity index (χ1n) is 6.16. The number of carboxylic acid groups (broad SMARTS) is 1. The van der Waals surface area contributed by atoms with E-state index in [0.717, 1.165) is 17.8 Å². The molecule has 0 bridgehead atoms. The Balaban J connectivity index is 1.98. The van der Waals surface area contributed by atoms with Crippen molar-refractivity contribution in [2.45, 2.75) is 6.54 Å². The largest absolute Gasteiger partial charge is 0.480 e. The molecule has 3 rings (SSSR count). The molecule has 0 spiro atoms. The Bertz CT molecular complexity index is 700. The van der Waals surface area contributed by atoms with Crippen molar-refractivity contribution >= 4 is 17.6 Å². The number of ether oxygens (including phenoxy) is 1. The molecule has 0 amide bonds. The van der Waals surface area contributed by atoms with E-state index in [1.807, 2.05) is 4.90 Å². The van der Waals surface area contributed by atoms with Gasteiger partial charge in [-0.15, -0.1) is 5.10 Å². The lowest BCUT2D eigenvalue weighted by Gasteiger charge is -2.27. The van der Waals surface area contributed by atoms with Gasteiger partial charge in [0.05, 0.1) is 13.2 Å². The van der Waals surface area contributed by atoms with Gasteiger partial charge in [0.25, 0.3) is 5.78 Å². The van der Waals surface area contributed by atoms with E-state index >= 15 is 0 Å². The van der Waals surface area contributed by atoms with E-state index in [0.29, 0.717) is 19.0 Å². The first kappa shape index (κ1) is 12.6. The molecule has 1 fully saturated rings. The van der Waals surface area contributed by atoms with Crippen molar-refractivity contribution in [3.05, 3.63) is 22.7 Å². The zero-order valence-corrected chi connectivity index (χ0v) is 10.6. The van der Waals surface area contributed by atoms with Gasteiger partial charge in [0.1, 0.15) is 12.4 Å². The molecular weight excluding hydrogens is 266 g/mol. The van der Waals surface area contributed by atoms with Crippen LogP contribution in [0.3, 0.4) is 0 Å². The maximum Gasteiger partial charge on any atom is 0.352 e. The summed E-state index contributed by atoms with van der Waals surface area (Å²) in [6.45, 7) is 2.24. The Morgan fingerprint density at radius 1 is 1.40 bits per heavy atom. The van der Waals surface area contributed by atoms with E-state index in [1.54, 1.807) is 12.3 Å². The minimum absolute atomic E-state index is 0.195. The predicted molar refractivity (Wildman–Crippen MR) is 67.9 cm³/mol. The second-order valence-electron chi connectivity index (χ2n) is 4.39. The summed E-state index contributed by atoms with van der Waals surface area (Å²) in [6, 6.07) is 1.71. The zero-order chi connectivity index (χ0) is 14.1. The Morgan fingerprint density at radius 2 is 2.15 bits per heavy atom. The average molecular weight is 279 g/mol. The number of morpholine rings is 1. The first-order valence-corrected chi connectivity index (χ1v) is 6.16. The number of hydrogen-bond acceptors (Lipinski definition) is 6. The van der Waals surface area contributed by atoms with Crippen molar-refractivity contribution < 1.29 is 14.6 Å². The molecular formula is C11H13N5O4. The van der Waals surface area contributed by atoms with Crippen LogP contribution in [0.2, 0.25) is 0 Å². The van der Waals surface area contributed by atoms with Gasteiger partial charge in [-0.1, -0.05) is 0 Å². The summed E-state index contributed by atoms with van der Waals surface area (Å²) >= 11 is 0. The minimum Gasteiger partial charge on any atom is -0.480 e. The molecule has 1 aliphatic rings. The quantitative estimate of drug-likeness (QED) is 0.753. The van der Waals surface area contributed by atoms with E-state index in [2.05, 4.69) is 10.1 Å². The van der Waals surface area contributed by atoms with Gasteiger partial charge in [-0.3, -0.25) is 4.79 Å². The van der Waals surface area contributed by atoms with Gasteiger partial charge in [0.15, 0.2) is 0 Å². The Morgan fingerprint density at radius 3 is 2.85 bits per heavy atom. The van der Waals surface area contributed by atoms with E-state index in [9.17, 15) is 9.59 Å². The number of rotatable bonds is 3. The molecule has 0 unspecified atom stereocenters. The van der Waals surface area contributed by atoms with Crippen molar-refractivity contribution in [3.8, 4) is 0 Å². The Kier molecular flexibility index (Phi) is 3.11. The fourth-order valence-electron chi connectivity index (χ4n) is 2.10. The zero-order valence-electron chi connectivity index (χ0n) is 10.6. The summed E-state index contributed by atoms with van der Waals surface area (Å²) in [7, 11) is 0. The number of aromatic nitrogens is 4. The summed E-state index contributed by atoms with van der Waals surface area (Å²) in [5, 5.41) is 12.6. The molecule has 2 aromatic rings. The molecule has 9 nitrogen and oxygen atoms in total. The highest BCUT2D eigenvalue weighted by molar-refractivity contribution is 5.66. The minimum atomic E-state index is -1.12. The number of nitrogens with zero attached hydrogens (tertiary/aromatic N) is 5. The number of fused-ring (bicyclic) bond motifs is 1. The topological polar surface area (TPSA) is 102 Å². The Hall–Kier alpha value is -2.42. The summed E-state index contributed by atoms with van der Waals surface area (Å²) in [5.41, 5.74) is -0.511. The molecule has 0 radical (unpaired) electrons. The third-order valence-corrected chi connectivity index (χ3v) is 3.06. The van der Waals surface area contributed by atoms with E-state index in [4.69, 9.17) is 9.84 Å². The summed E-state index contributed by atoms with van der Waals surface area (Å²) in [6.07, 6.45) is 1.56. The van der Waals surface area contributed by atoms with Crippen molar-refractivity contribution in [3.63, 3.8) is 0 Å². The van der Waals surface area contributed by atoms with Crippen LogP contribution < -0.4 is 10.6 Å². The summed E-state index contributed by atoms with van der Waals surface area (Å²) < 4.78 is 7.38. The number of hydrogen-bond donors (Lipinski definition) is 1. The molecule has 9 heteroatoms. The third kappa shape index (κ3) is 2.23. The smallest absolute Gasteiger partial charge is 0.352 e. The number of anilines is 1. The molecule has 0 aliphatic carbocycles. The summed E-state index contributed by atoms with van der Waals surface area (Å²) in [5.74, 6) is -0.225. The van der Waals surface area contributed by atoms with Gasteiger partial charge in [-0.05, 0) is 6.07 Å². The highest BCUT2D eigenvalue weighted by Gasteiger charge is 2.15. The SMILES string of the molecule is O=C(O)Cn1nc2nc(N3CCOCC3)ccn2c1=O. The number of carboxylic acids is 1. The van der Waals surface area contributed by atoms with Crippen LogP contribution in [-0.2, 0) is 16.1 Å². The maximum atomic E-state index is 11.9. The molecule has 0 saturated carbocycles. The second kappa shape index (κ2) is 4.93. The van der Waals surface area contributed by atoms with Crippen molar-refractivity contribution in [1.29, 1.82) is 0 Å². The van der Waals surface area contributed by atoms with Crippen molar-refractivity contribution in [1.82, 2.24) is 19.2 Å². The third-order valence-electron chi connectivity index (χ3n) is 3.06. The normalized spacial score (nSPS) is 15.7. The standard InChI is InChI=1S/C11H13N5O4/c17-9(18)7-16-11(19)15-2-1-8(12-10(15)13-16)14-3-5-20-6-4-14/h1-2H,3-7H2,(H,17,18). The average Bonchev–Trinajstić information content (AvgIpc) is 2.75. The van der Waals surface area contributed by atoms with Crippen LogP contribution in [0, 0.1) is 0 Å². The van der Waals surface area contributed by atoms with Gasteiger partial charge < -0.3 is 14.7 Å². The monoisotopic (exact) mass is 279 g/mol. The van der Waals surface area contributed by atoms with Gasteiger partial charge in [-0.2, -0.15) is 9.67 Å². The van der Waals surface area contributed by atoms with Crippen LogP contribution in [0.4, 0.5) is 5.82 Å². The molecule has 0 aromatic carbocycles. The molecule has 0 atom stereocenters. The maximum absolute atomic E-state index is 11.9.